The third kappa shape index (κ3) is 2.88. The van der Waals surface area contributed by atoms with Crippen molar-refractivity contribution < 1.29 is 9.53 Å². The molecule has 0 atom stereocenters. The second-order valence-electron chi connectivity index (χ2n) is 5.51. The molecule has 0 bridgehead atoms. The Morgan fingerprint density at radius 2 is 2.23 bits per heavy atom. The maximum absolute atomic E-state index is 11.8. The smallest absolute Gasteiger partial charge is 0.409 e. The average molecular weight is 319 g/mol. The van der Waals surface area contributed by atoms with E-state index in [9.17, 15) is 4.79 Å². The van der Waals surface area contributed by atoms with Crippen LogP contribution in [-0.2, 0) is 4.74 Å². The van der Waals surface area contributed by atoms with E-state index in [1.165, 1.54) is 10.4 Å². The van der Waals surface area contributed by atoms with E-state index in [1.807, 2.05) is 13.1 Å². The molecule has 2 aromatic heterocycles. The molecule has 0 N–H and O–H groups in total. The van der Waals surface area contributed by atoms with Crippen LogP contribution in [0, 0.1) is 6.92 Å². The van der Waals surface area contributed by atoms with Gasteiger partial charge in [0.05, 0.1) is 11.5 Å². The first-order valence-electron chi connectivity index (χ1n) is 7.69. The van der Waals surface area contributed by atoms with Crippen molar-refractivity contribution in [2.24, 2.45) is 0 Å². The number of thiophene rings is 1. The van der Waals surface area contributed by atoms with Crippen LogP contribution in [0.15, 0.2) is 23.8 Å². The van der Waals surface area contributed by atoms with Gasteiger partial charge in [-0.2, -0.15) is 0 Å². The Kier molecular flexibility index (Phi) is 4.47. The second kappa shape index (κ2) is 6.52. The van der Waals surface area contributed by atoms with Crippen LogP contribution in [0.4, 0.5) is 4.79 Å². The summed E-state index contributed by atoms with van der Waals surface area (Å²) >= 11 is 1.73. The molecule has 3 rings (SSSR count). The summed E-state index contributed by atoms with van der Waals surface area (Å²) in [5.41, 5.74) is 1.27. The summed E-state index contributed by atoms with van der Waals surface area (Å²) in [7, 11) is 0. The van der Waals surface area contributed by atoms with Crippen molar-refractivity contribution in [1.29, 1.82) is 0 Å². The molecule has 1 saturated heterocycles. The van der Waals surface area contributed by atoms with Crippen LogP contribution < -0.4 is 0 Å². The number of carbonyl (C=O) groups is 1. The molecule has 1 fully saturated rings. The lowest BCUT2D eigenvalue weighted by Crippen LogP contribution is -2.39. The van der Waals surface area contributed by atoms with Crippen molar-refractivity contribution in [2.45, 2.75) is 32.7 Å². The Bertz CT molecular complexity index is 641. The minimum atomic E-state index is -0.194. The van der Waals surface area contributed by atoms with Crippen molar-refractivity contribution in [2.75, 3.05) is 19.7 Å². The van der Waals surface area contributed by atoms with E-state index in [4.69, 9.17) is 4.74 Å². The van der Waals surface area contributed by atoms with E-state index in [0.717, 1.165) is 31.8 Å². The zero-order valence-corrected chi connectivity index (χ0v) is 13.8. The largest absolute Gasteiger partial charge is 0.450 e. The van der Waals surface area contributed by atoms with Gasteiger partial charge in [0.15, 0.2) is 5.82 Å². The van der Waals surface area contributed by atoms with Crippen LogP contribution in [0.1, 0.15) is 31.4 Å². The maximum atomic E-state index is 11.8. The average Bonchev–Trinajstić information content (AvgIpc) is 3.16. The van der Waals surface area contributed by atoms with Crippen LogP contribution in [0.2, 0.25) is 0 Å². The highest BCUT2D eigenvalue weighted by atomic mass is 32.1. The molecule has 0 radical (unpaired) electrons. The molecule has 1 amide bonds. The summed E-state index contributed by atoms with van der Waals surface area (Å²) in [5, 5.41) is 2.10. The van der Waals surface area contributed by atoms with Gasteiger partial charge in [-0.05, 0) is 43.7 Å². The summed E-state index contributed by atoms with van der Waals surface area (Å²) in [4.78, 5) is 19.4. The minimum absolute atomic E-state index is 0.194. The SMILES string of the molecule is CCOC(=O)N1CCC(n2ccnc2-c2sccc2C)CC1. The van der Waals surface area contributed by atoms with E-state index in [-0.39, 0.29) is 6.09 Å². The monoisotopic (exact) mass is 319 g/mol. The zero-order valence-electron chi connectivity index (χ0n) is 13.0. The fraction of sp³-hybridized carbons (Fsp3) is 0.500. The van der Waals surface area contributed by atoms with Gasteiger partial charge in [-0.1, -0.05) is 0 Å². The minimum Gasteiger partial charge on any atom is -0.450 e. The molecule has 0 spiro atoms. The summed E-state index contributed by atoms with van der Waals surface area (Å²) in [6.07, 6.45) is 5.60. The number of piperidine rings is 1. The lowest BCUT2D eigenvalue weighted by molar-refractivity contribution is 0.0928. The fourth-order valence-corrected chi connectivity index (χ4v) is 3.85. The topological polar surface area (TPSA) is 47.4 Å². The van der Waals surface area contributed by atoms with Gasteiger partial charge in [0, 0.05) is 31.5 Å². The number of carbonyl (C=O) groups excluding carboxylic acids is 1. The molecule has 0 saturated carbocycles. The molecule has 22 heavy (non-hydrogen) atoms. The van der Waals surface area contributed by atoms with Crippen LogP contribution in [0.5, 0.6) is 0 Å². The van der Waals surface area contributed by atoms with Crippen molar-refractivity contribution in [1.82, 2.24) is 14.5 Å². The van der Waals surface area contributed by atoms with E-state index >= 15 is 0 Å². The molecule has 0 aromatic carbocycles. The van der Waals surface area contributed by atoms with E-state index < -0.39 is 0 Å². The first kappa shape index (κ1) is 15.1. The van der Waals surface area contributed by atoms with Crippen LogP contribution in [0.3, 0.4) is 0 Å². The summed E-state index contributed by atoms with van der Waals surface area (Å²) < 4.78 is 7.34. The third-order valence-corrected chi connectivity index (χ3v) is 5.13. The number of amides is 1. The van der Waals surface area contributed by atoms with Crippen molar-refractivity contribution >= 4 is 17.4 Å². The molecule has 3 heterocycles. The number of ether oxygens (including phenoxy) is 1. The number of hydrogen-bond acceptors (Lipinski definition) is 4. The standard InChI is InChI=1S/C16H21N3O2S/c1-3-21-16(20)18-8-4-13(5-9-18)19-10-7-17-15(19)14-12(2)6-11-22-14/h6-7,10-11,13H,3-5,8-9H2,1-2H3. The van der Waals surface area contributed by atoms with Gasteiger partial charge in [0.1, 0.15) is 0 Å². The van der Waals surface area contributed by atoms with Crippen LogP contribution >= 0.6 is 11.3 Å². The summed E-state index contributed by atoms with van der Waals surface area (Å²) in [6.45, 7) is 5.87. The molecule has 5 nitrogen and oxygen atoms in total. The fourth-order valence-electron chi connectivity index (χ4n) is 2.93. The Morgan fingerprint density at radius 3 is 2.86 bits per heavy atom. The van der Waals surface area contributed by atoms with Crippen molar-refractivity contribution in [3.63, 3.8) is 0 Å². The quantitative estimate of drug-likeness (QED) is 0.866. The number of nitrogens with zero attached hydrogens (tertiary/aromatic N) is 3. The molecule has 6 heteroatoms. The van der Waals surface area contributed by atoms with E-state index in [0.29, 0.717) is 12.6 Å². The number of imidazole rings is 1. The molecule has 1 aliphatic rings. The Labute approximate surface area is 134 Å². The van der Waals surface area contributed by atoms with Crippen molar-refractivity contribution in [3.05, 3.63) is 29.4 Å². The normalized spacial score (nSPS) is 16.0. The van der Waals surface area contributed by atoms with Gasteiger partial charge in [-0.15, -0.1) is 11.3 Å². The van der Waals surface area contributed by atoms with Crippen molar-refractivity contribution in [3.8, 4) is 10.7 Å². The highest BCUT2D eigenvalue weighted by Gasteiger charge is 2.26. The number of aromatic nitrogens is 2. The molecule has 2 aromatic rings. The zero-order chi connectivity index (χ0) is 15.5. The molecule has 1 aliphatic heterocycles. The van der Waals surface area contributed by atoms with Gasteiger partial charge in [-0.25, -0.2) is 9.78 Å². The second-order valence-corrected chi connectivity index (χ2v) is 6.42. The molecular formula is C16H21N3O2S. The summed E-state index contributed by atoms with van der Waals surface area (Å²) in [5.74, 6) is 1.04. The molecule has 118 valence electrons. The predicted molar refractivity (Wildman–Crippen MR) is 87.1 cm³/mol. The van der Waals surface area contributed by atoms with Gasteiger partial charge >= 0.3 is 6.09 Å². The van der Waals surface area contributed by atoms with E-state index in [1.54, 1.807) is 16.2 Å². The Hall–Kier alpha value is -1.82. The van der Waals surface area contributed by atoms with Gasteiger partial charge in [-0.3, -0.25) is 0 Å². The van der Waals surface area contributed by atoms with Crippen LogP contribution in [-0.4, -0.2) is 40.2 Å². The Morgan fingerprint density at radius 1 is 1.45 bits per heavy atom. The maximum Gasteiger partial charge on any atom is 0.409 e. The van der Waals surface area contributed by atoms with Gasteiger partial charge < -0.3 is 14.2 Å². The first-order valence-corrected chi connectivity index (χ1v) is 8.57. The third-order valence-electron chi connectivity index (χ3n) is 4.12. The lowest BCUT2D eigenvalue weighted by Gasteiger charge is -2.32. The summed E-state index contributed by atoms with van der Waals surface area (Å²) in [6, 6.07) is 2.52. The lowest BCUT2D eigenvalue weighted by atomic mass is 10.0. The number of likely N-dealkylation sites (tertiary alicyclic amines) is 1. The number of rotatable bonds is 3. The highest BCUT2D eigenvalue weighted by Crippen LogP contribution is 2.32. The predicted octanol–water partition coefficient (Wildman–Crippen LogP) is 3.71. The van der Waals surface area contributed by atoms with E-state index in [2.05, 4.69) is 34.1 Å². The number of aryl methyl sites for hydroxylation is 1. The highest BCUT2D eigenvalue weighted by molar-refractivity contribution is 7.13. The molecule has 0 unspecified atom stereocenters. The molecule has 0 aliphatic carbocycles. The molecular weight excluding hydrogens is 298 g/mol. The Balaban J connectivity index is 1.72. The van der Waals surface area contributed by atoms with Crippen LogP contribution in [0.25, 0.3) is 10.7 Å². The van der Waals surface area contributed by atoms with Gasteiger partial charge in [0.2, 0.25) is 0 Å². The first-order chi connectivity index (χ1) is 10.7. The van der Waals surface area contributed by atoms with Gasteiger partial charge in [0.25, 0.3) is 0 Å². The number of hydrogen-bond donors (Lipinski definition) is 0.